The van der Waals surface area contributed by atoms with Crippen LogP contribution in [0.5, 0.6) is 0 Å². The highest BCUT2D eigenvalue weighted by Crippen LogP contribution is 2.20. The highest BCUT2D eigenvalue weighted by molar-refractivity contribution is 9.10. The summed E-state index contributed by atoms with van der Waals surface area (Å²) in [5, 5.41) is 0. The Morgan fingerprint density at radius 1 is 1.47 bits per heavy atom. The van der Waals surface area contributed by atoms with E-state index in [2.05, 4.69) is 22.9 Å². The first-order chi connectivity index (χ1) is 7.13. The van der Waals surface area contributed by atoms with Gasteiger partial charge >= 0.3 is 0 Å². The lowest BCUT2D eigenvalue weighted by Gasteiger charge is -2.09. The Bertz CT molecular complexity index is 314. The predicted molar refractivity (Wildman–Crippen MR) is 65.3 cm³/mol. The summed E-state index contributed by atoms with van der Waals surface area (Å²) in [6, 6.07) is 5.08. The van der Waals surface area contributed by atoms with E-state index in [1.807, 2.05) is 0 Å². The fourth-order valence-corrected chi connectivity index (χ4v) is 1.94. The summed E-state index contributed by atoms with van der Waals surface area (Å²) < 4.78 is 13.9. The van der Waals surface area contributed by atoms with E-state index in [4.69, 9.17) is 5.73 Å². The standard InChI is InChI=1S/C12H17BrFN/c1-2-11(15)5-3-4-9-8-10(14)6-7-12(9)13/h6-8,11H,2-5,15H2,1H3. The van der Waals surface area contributed by atoms with E-state index < -0.39 is 0 Å². The molecule has 15 heavy (non-hydrogen) atoms. The molecule has 0 amide bonds. The average Bonchev–Trinajstić information content (AvgIpc) is 2.23. The Balaban J connectivity index is 2.46. The SMILES string of the molecule is CCC(N)CCCc1cc(F)ccc1Br. The van der Waals surface area contributed by atoms with Crippen LogP contribution in [-0.2, 0) is 6.42 Å². The molecule has 0 aliphatic carbocycles. The highest BCUT2D eigenvalue weighted by Gasteiger charge is 2.03. The summed E-state index contributed by atoms with van der Waals surface area (Å²) in [4.78, 5) is 0. The number of benzene rings is 1. The molecule has 1 nitrogen and oxygen atoms in total. The summed E-state index contributed by atoms with van der Waals surface area (Å²) >= 11 is 3.42. The number of nitrogens with two attached hydrogens (primary N) is 1. The Morgan fingerprint density at radius 2 is 2.20 bits per heavy atom. The van der Waals surface area contributed by atoms with E-state index in [0.29, 0.717) is 0 Å². The summed E-state index contributed by atoms with van der Waals surface area (Å²) in [5.74, 6) is -0.173. The van der Waals surface area contributed by atoms with Crippen molar-refractivity contribution in [3.8, 4) is 0 Å². The first kappa shape index (κ1) is 12.7. The van der Waals surface area contributed by atoms with Gasteiger partial charge in [-0.15, -0.1) is 0 Å². The van der Waals surface area contributed by atoms with Gasteiger partial charge in [-0.2, -0.15) is 0 Å². The first-order valence-electron chi connectivity index (χ1n) is 5.33. The molecule has 0 fully saturated rings. The van der Waals surface area contributed by atoms with Crippen LogP contribution >= 0.6 is 15.9 Å². The molecule has 0 aliphatic rings. The summed E-state index contributed by atoms with van der Waals surface area (Å²) in [6.07, 6.45) is 3.90. The first-order valence-corrected chi connectivity index (χ1v) is 6.12. The third kappa shape index (κ3) is 4.31. The quantitative estimate of drug-likeness (QED) is 0.871. The van der Waals surface area contributed by atoms with Crippen LogP contribution in [0.15, 0.2) is 22.7 Å². The molecule has 0 spiro atoms. The van der Waals surface area contributed by atoms with Gasteiger partial charge in [-0.3, -0.25) is 0 Å². The second kappa shape index (κ2) is 6.23. The van der Waals surface area contributed by atoms with Crippen LogP contribution in [-0.4, -0.2) is 6.04 Å². The van der Waals surface area contributed by atoms with E-state index >= 15 is 0 Å². The molecule has 1 unspecified atom stereocenters. The van der Waals surface area contributed by atoms with Gasteiger partial charge in [0.1, 0.15) is 5.82 Å². The molecule has 3 heteroatoms. The lowest BCUT2D eigenvalue weighted by Crippen LogP contribution is -2.18. The van der Waals surface area contributed by atoms with Crippen LogP contribution in [0, 0.1) is 5.82 Å². The molecule has 0 aliphatic heterocycles. The van der Waals surface area contributed by atoms with E-state index in [9.17, 15) is 4.39 Å². The van der Waals surface area contributed by atoms with Crippen LogP contribution in [0.3, 0.4) is 0 Å². The van der Waals surface area contributed by atoms with Crippen molar-refractivity contribution in [2.45, 2.75) is 38.6 Å². The zero-order valence-electron chi connectivity index (χ0n) is 8.97. The number of halogens is 2. The van der Waals surface area contributed by atoms with Crippen LogP contribution in [0.4, 0.5) is 4.39 Å². The molecule has 0 aromatic heterocycles. The minimum atomic E-state index is -0.173. The Kier molecular flexibility index (Phi) is 5.26. The predicted octanol–water partition coefficient (Wildman–Crippen LogP) is 3.65. The van der Waals surface area contributed by atoms with Gasteiger partial charge in [-0.25, -0.2) is 4.39 Å². The van der Waals surface area contributed by atoms with Gasteiger partial charge in [-0.1, -0.05) is 22.9 Å². The molecule has 1 aromatic carbocycles. The monoisotopic (exact) mass is 273 g/mol. The van der Waals surface area contributed by atoms with E-state index in [-0.39, 0.29) is 11.9 Å². The van der Waals surface area contributed by atoms with Gasteiger partial charge in [0.15, 0.2) is 0 Å². The van der Waals surface area contributed by atoms with Gasteiger partial charge in [-0.05, 0) is 49.4 Å². The number of hydrogen-bond donors (Lipinski definition) is 1. The van der Waals surface area contributed by atoms with Crippen LogP contribution in [0.1, 0.15) is 31.7 Å². The normalized spacial score (nSPS) is 12.8. The van der Waals surface area contributed by atoms with Crippen molar-refractivity contribution < 1.29 is 4.39 Å². The highest BCUT2D eigenvalue weighted by atomic mass is 79.9. The molecular formula is C12H17BrFN. The fourth-order valence-electron chi connectivity index (χ4n) is 1.49. The van der Waals surface area contributed by atoms with Crippen molar-refractivity contribution in [1.29, 1.82) is 0 Å². The molecule has 84 valence electrons. The van der Waals surface area contributed by atoms with Crippen molar-refractivity contribution in [2.24, 2.45) is 5.73 Å². The number of aryl methyl sites for hydroxylation is 1. The largest absolute Gasteiger partial charge is 0.328 e. The Hall–Kier alpha value is -0.410. The molecule has 0 heterocycles. The van der Waals surface area contributed by atoms with Crippen molar-refractivity contribution in [3.05, 3.63) is 34.1 Å². The summed E-state index contributed by atoms with van der Waals surface area (Å²) in [5.41, 5.74) is 6.85. The van der Waals surface area contributed by atoms with Gasteiger partial charge in [0.05, 0.1) is 0 Å². The second-order valence-electron chi connectivity index (χ2n) is 3.80. The molecule has 0 radical (unpaired) electrons. The van der Waals surface area contributed by atoms with E-state index in [1.54, 1.807) is 12.1 Å². The van der Waals surface area contributed by atoms with Crippen molar-refractivity contribution in [1.82, 2.24) is 0 Å². The summed E-state index contributed by atoms with van der Waals surface area (Å²) in [7, 11) is 0. The zero-order valence-corrected chi connectivity index (χ0v) is 10.6. The molecule has 0 saturated carbocycles. The minimum Gasteiger partial charge on any atom is -0.328 e. The fraction of sp³-hybridized carbons (Fsp3) is 0.500. The Labute approximate surface area is 99.0 Å². The van der Waals surface area contributed by atoms with Crippen molar-refractivity contribution >= 4 is 15.9 Å². The molecular weight excluding hydrogens is 257 g/mol. The maximum absolute atomic E-state index is 13.0. The third-order valence-corrected chi connectivity index (χ3v) is 3.33. The minimum absolute atomic E-state index is 0.173. The summed E-state index contributed by atoms with van der Waals surface area (Å²) in [6.45, 7) is 2.09. The smallest absolute Gasteiger partial charge is 0.123 e. The Morgan fingerprint density at radius 3 is 2.87 bits per heavy atom. The molecule has 1 atom stereocenters. The van der Waals surface area contributed by atoms with Gasteiger partial charge in [0.2, 0.25) is 0 Å². The molecule has 1 aromatic rings. The van der Waals surface area contributed by atoms with E-state index in [0.717, 1.165) is 35.7 Å². The van der Waals surface area contributed by atoms with Gasteiger partial charge in [0.25, 0.3) is 0 Å². The van der Waals surface area contributed by atoms with Gasteiger partial charge < -0.3 is 5.73 Å². The molecule has 2 N–H and O–H groups in total. The van der Waals surface area contributed by atoms with Gasteiger partial charge in [0, 0.05) is 10.5 Å². The lowest BCUT2D eigenvalue weighted by atomic mass is 10.0. The number of hydrogen-bond acceptors (Lipinski definition) is 1. The van der Waals surface area contributed by atoms with Crippen LogP contribution in [0.25, 0.3) is 0 Å². The second-order valence-corrected chi connectivity index (χ2v) is 4.65. The topological polar surface area (TPSA) is 26.0 Å². The van der Waals surface area contributed by atoms with Crippen LogP contribution < -0.4 is 5.73 Å². The van der Waals surface area contributed by atoms with Crippen molar-refractivity contribution in [2.75, 3.05) is 0 Å². The maximum Gasteiger partial charge on any atom is 0.123 e. The lowest BCUT2D eigenvalue weighted by molar-refractivity contribution is 0.566. The zero-order chi connectivity index (χ0) is 11.3. The molecule has 0 saturated heterocycles. The van der Waals surface area contributed by atoms with Crippen molar-refractivity contribution in [3.63, 3.8) is 0 Å². The number of rotatable bonds is 5. The van der Waals surface area contributed by atoms with E-state index in [1.165, 1.54) is 6.07 Å². The molecule has 0 bridgehead atoms. The third-order valence-electron chi connectivity index (χ3n) is 2.55. The maximum atomic E-state index is 13.0. The molecule has 1 rings (SSSR count). The van der Waals surface area contributed by atoms with Crippen LogP contribution in [0.2, 0.25) is 0 Å². The average molecular weight is 274 g/mol.